The summed E-state index contributed by atoms with van der Waals surface area (Å²) in [5.41, 5.74) is -0.985. The molecule has 1 unspecified atom stereocenters. The van der Waals surface area contributed by atoms with Gasteiger partial charge >= 0.3 is 0 Å². The van der Waals surface area contributed by atoms with Crippen LogP contribution in [0.4, 0.5) is 0 Å². The van der Waals surface area contributed by atoms with E-state index in [0.717, 1.165) is 12.8 Å². The fourth-order valence-corrected chi connectivity index (χ4v) is 2.27. The molecule has 0 saturated carbocycles. The molecule has 0 radical (unpaired) electrons. The summed E-state index contributed by atoms with van der Waals surface area (Å²) in [5, 5.41) is 9.99. The molecule has 1 saturated heterocycles. The van der Waals surface area contributed by atoms with Crippen molar-refractivity contribution in [2.75, 3.05) is 13.2 Å². The summed E-state index contributed by atoms with van der Waals surface area (Å²) >= 11 is 8.50. The predicted octanol–water partition coefficient (Wildman–Crippen LogP) is 2.69. The Labute approximate surface area is 152 Å². The summed E-state index contributed by atoms with van der Waals surface area (Å²) < 4.78 is 7.59. The Morgan fingerprint density at radius 1 is 1.05 bits per heavy atom. The molecule has 3 rings (SSSR count). The molecule has 0 aromatic carbocycles. The highest BCUT2D eigenvalue weighted by Gasteiger charge is 2.36. The van der Waals surface area contributed by atoms with Gasteiger partial charge in [0.15, 0.2) is 9.66 Å². The van der Waals surface area contributed by atoms with E-state index in [2.05, 4.69) is 74.4 Å². The lowest BCUT2D eigenvalue weighted by Crippen LogP contribution is -2.28. The van der Waals surface area contributed by atoms with E-state index in [1.165, 1.54) is 0 Å². The van der Waals surface area contributed by atoms with Crippen LogP contribution in [-0.2, 0) is 10.3 Å². The minimum atomic E-state index is -0.985. The first-order valence-corrected chi connectivity index (χ1v) is 8.57. The molecule has 1 fully saturated rings. The van der Waals surface area contributed by atoms with Gasteiger partial charge in [0, 0.05) is 53.8 Å². The van der Waals surface area contributed by atoms with Crippen LogP contribution < -0.4 is 0 Å². The topological polar surface area (TPSA) is 81.0 Å². The smallest absolute Gasteiger partial charge is 0.190 e. The van der Waals surface area contributed by atoms with Gasteiger partial charge in [0.1, 0.15) is 5.60 Å². The van der Waals surface area contributed by atoms with E-state index >= 15 is 0 Å². The number of aliphatic hydroxyl groups is 1. The third kappa shape index (κ3) is 5.16. The summed E-state index contributed by atoms with van der Waals surface area (Å²) in [5.74, 6) is 0.438. The van der Waals surface area contributed by atoms with Crippen LogP contribution in [0.15, 0.2) is 33.7 Å². The van der Waals surface area contributed by atoms with Crippen LogP contribution in [-0.4, -0.2) is 38.3 Å². The van der Waals surface area contributed by atoms with Crippen molar-refractivity contribution in [3.63, 3.8) is 0 Å². The van der Waals surface area contributed by atoms with Crippen molar-refractivity contribution in [2.45, 2.75) is 12.0 Å². The number of hydrogen-bond donors (Lipinski definition) is 1. The van der Waals surface area contributed by atoms with Crippen LogP contribution >= 0.6 is 54.5 Å². The minimum Gasteiger partial charge on any atom is -0.379 e. The fourth-order valence-electron chi connectivity index (χ4n) is 1.58. The van der Waals surface area contributed by atoms with Gasteiger partial charge in [-0.2, -0.15) is 0 Å². The third-order valence-corrected chi connectivity index (χ3v) is 4.00. The first-order valence-electron chi connectivity index (χ1n) is 5.91. The maximum absolute atomic E-state index is 9.99. The van der Waals surface area contributed by atoms with E-state index in [1.54, 1.807) is 24.8 Å². The summed E-state index contributed by atoms with van der Waals surface area (Å²) in [7, 11) is 0. The maximum atomic E-state index is 9.99. The molecule has 0 bridgehead atoms. The molecule has 0 aliphatic carbocycles. The van der Waals surface area contributed by atoms with Crippen LogP contribution in [0.1, 0.15) is 12.2 Å². The zero-order valence-electron chi connectivity index (χ0n) is 10.7. The van der Waals surface area contributed by atoms with Gasteiger partial charge in [0.2, 0.25) is 0 Å². The Hall–Kier alpha value is -0.230. The monoisotopic (exact) mass is 528 g/mol. The minimum absolute atomic E-state index is 0.286. The molecule has 6 nitrogen and oxygen atoms in total. The second-order valence-corrected chi connectivity index (χ2v) is 7.03. The van der Waals surface area contributed by atoms with Gasteiger partial charge < -0.3 is 9.84 Å². The summed E-state index contributed by atoms with van der Waals surface area (Å²) in [4.78, 5) is 15.9. The highest BCUT2D eigenvalue weighted by Crippen LogP contribution is 2.27. The van der Waals surface area contributed by atoms with Gasteiger partial charge in [-0.3, -0.25) is 0 Å². The number of aromatic nitrogens is 4. The van der Waals surface area contributed by atoms with Crippen molar-refractivity contribution in [2.24, 2.45) is 0 Å². The molecule has 21 heavy (non-hydrogen) atoms. The third-order valence-electron chi connectivity index (χ3n) is 2.63. The van der Waals surface area contributed by atoms with Crippen molar-refractivity contribution < 1.29 is 9.84 Å². The van der Waals surface area contributed by atoms with E-state index in [4.69, 9.17) is 4.74 Å². The van der Waals surface area contributed by atoms with E-state index in [1.807, 2.05) is 0 Å². The molecule has 112 valence electrons. The maximum Gasteiger partial charge on any atom is 0.190 e. The fraction of sp³-hybridized carbons (Fsp3) is 0.333. The van der Waals surface area contributed by atoms with E-state index in [9.17, 15) is 5.11 Å². The van der Waals surface area contributed by atoms with Crippen LogP contribution in [0.3, 0.4) is 0 Å². The normalized spacial score (nSPS) is 20.8. The SMILES string of the molecule is Brc1cnc(I)nc1.OC1(c2ncc(Br)cn2)CCOC1. The van der Waals surface area contributed by atoms with Gasteiger partial charge in [-0.05, 0) is 31.9 Å². The molecule has 2 aromatic heterocycles. The van der Waals surface area contributed by atoms with Crippen molar-refractivity contribution in [1.82, 2.24) is 19.9 Å². The quantitative estimate of drug-likeness (QED) is 0.452. The van der Waals surface area contributed by atoms with Gasteiger partial charge in [0.25, 0.3) is 0 Å². The Balaban J connectivity index is 0.000000173. The van der Waals surface area contributed by atoms with E-state index in [0.29, 0.717) is 18.9 Å². The van der Waals surface area contributed by atoms with Gasteiger partial charge in [-0.25, -0.2) is 19.9 Å². The van der Waals surface area contributed by atoms with Crippen LogP contribution in [0.5, 0.6) is 0 Å². The van der Waals surface area contributed by atoms with Crippen molar-refractivity contribution in [1.29, 1.82) is 0 Å². The lowest BCUT2D eigenvalue weighted by Gasteiger charge is -2.17. The Morgan fingerprint density at radius 3 is 2.00 bits per heavy atom. The standard InChI is InChI=1S/C8H9BrN2O2.C4H2BrIN2/c9-6-3-10-7(11-4-6)8(12)1-2-13-5-8;5-3-1-7-4(6)8-2-3/h3-4,12H,1-2,5H2;1-2H. The largest absolute Gasteiger partial charge is 0.379 e. The van der Waals surface area contributed by atoms with Gasteiger partial charge in [-0.15, -0.1) is 0 Å². The van der Waals surface area contributed by atoms with Crippen LogP contribution in [0, 0.1) is 3.83 Å². The second-order valence-electron chi connectivity index (χ2n) is 4.23. The lowest BCUT2D eigenvalue weighted by molar-refractivity contribution is 0.0153. The number of nitrogens with zero attached hydrogens (tertiary/aromatic N) is 4. The first kappa shape index (κ1) is 17.1. The average Bonchev–Trinajstić information content (AvgIpc) is 2.92. The molecule has 1 aliphatic heterocycles. The number of rotatable bonds is 1. The highest BCUT2D eigenvalue weighted by molar-refractivity contribution is 14.1. The average molecular weight is 530 g/mol. The zero-order valence-corrected chi connectivity index (χ0v) is 16.0. The second kappa shape index (κ2) is 7.86. The van der Waals surface area contributed by atoms with Gasteiger partial charge in [0.05, 0.1) is 22.2 Å². The molecular weight excluding hydrogens is 519 g/mol. The Kier molecular flexibility index (Phi) is 6.41. The molecule has 1 N–H and O–H groups in total. The summed E-state index contributed by atoms with van der Waals surface area (Å²) in [6, 6.07) is 0. The lowest BCUT2D eigenvalue weighted by atomic mass is 10.0. The van der Waals surface area contributed by atoms with Crippen LogP contribution in [0.25, 0.3) is 0 Å². The highest BCUT2D eigenvalue weighted by atomic mass is 127. The van der Waals surface area contributed by atoms with Crippen molar-refractivity contribution in [3.8, 4) is 0 Å². The molecule has 1 atom stereocenters. The number of hydrogen-bond acceptors (Lipinski definition) is 6. The molecule has 2 aromatic rings. The summed E-state index contributed by atoms with van der Waals surface area (Å²) in [6.45, 7) is 0.852. The molecular formula is C12H11Br2IN4O2. The molecule has 9 heteroatoms. The molecule has 0 amide bonds. The Bertz CT molecular complexity index is 556. The van der Waals surface area contributed by atoms with E-state index in [-0.39, 0.29) is 6.61 Å². The number of ether oxygens (including phenoxy) is 1. The molecule has 0 spiro atoms. The van der Waals surface area contributed by atoms with Gasteiger partial charge in [-0.1, -0.05) is 0 Å². The molecule has 3 heterocycles. The predicted molar refractivity (Wildman–Crippen MR) is 91.5 cm³/mol. The molecule has 1 aliphatic rings. The van der Waals surface area contributed by atoms with Crippen molar-refractivity contribution >= 4 is 54.5 Å². The zero-order chi connectivity index (χ0) is 15.3. The van der Waals surface area contributed by atoms with Crippen molar-refractivity contribution in [3.05, 3.63) is 43.4 Å². The number of halogens is 3. The van der Waals surface area contributed by atoms with E-state index < -0.39 is 5.60 Å². The van der Waals surface area contributed by atoms with Crippen LogP contribution in [0.2, 0.25) is 0 Å². The summed E-state index contributed by atoms with van der Waals surface area (Å²) in [6.07, 6.45) is 7.25. The first-order chi connectivity index (χ1) is 9.99. The Morgan fingerprint density at radius 2 is 1.57 bits per heavy atom.